The Balaban J connectivity index is 1.54. The molecule has 6 unspecified atom stereocenters. The van der Waals surface area contributed by atoms with Gasteiger partial charge in [0.2, 0.25) is 6.29 Å². The Hall–Kier alpha value is -1.80. The first-order valence-electron chi connectivity index (χ1n) is 8.69. The molecule has 2 aliphatic heterocycles. The molecule has 1 aromatic heterocycles. The van der Waals surface area contributed by atoms with Crippen LogP contribution in [0.4, 0.5) is 0 Å². The van der Waals surface area contributed by atoms with Crippen molar-refractivity contribution < 1.29 is 39.8 Å². The van der Waals surface area contributed by atoms with E-state index in [1.54, 1.807) is 18.2 Å². The highest BCUT2D eigenvalue weighted by atomic mass is 32.2. The molecule has 12 heteroatoms. The van der Waals surface area contributed by atoms with E-state index in [1.807, 2.05) is 0 Å². The van der Waals surface area contributed by atoms with Crippen molar-refractivity contribution in [2.24, 2.45) is 4.99 Å². The van der Waals surface area contributed by atoms with Crippen LogP contribution >= 0.6 is 23.1 Å². The Kier molecular flexibility index (Phi) is 5.75. The summed E-state index contributed by atoms with van der Waals surface area (Å²) in [5.41, 5.74) is 0.674. The van der Waals surface area contributed by atoms with Gasteiger partial charge in [0, 0.05) is 5.75 Å². The van der Waals surface area contributed by atoms with Crippen molar-refractivity contribution in [2.45, 2.75) is 36.7 Å². The van der Waals surface area contributed by atoms with E-state index in [1.165, 1.54) is 23.1 Å². The van der Waals surface area contributed by atoms with Gasteiger partial charge in [0.05, 0.1) is 16.8 Å². The molecular formula is C17H18N2O8S2. The van der Waals surface area contributed by atoms with Gasteiger partial charge in [-0.2, -0.15) is 0 Å². The molecule has 1 fully saturated rings. The molecule has 0 radical (unpaired) electrons. The molecule has 0 saturated carbocycles. The normalized spacial score (nSPS) is 32.3. The van der Waals surface area contributed by atoms with Crippen LogP contribution in [0.1, 0.15) is 5.01 Å². The first-order valence-corrected chi connectivity index (χ1v) is 10.5. The van der Waals surface area contributed by atoms with Gasteiger partial charge in [-0.25, -0.2) is 9.78 Å². The van der Waals surface area contributed by atoms with Crippen LogP contribution in [0.3, 0.4) is 0 Å². The second-order valence-electron chi connectivity index (χ2n) is 6.56. The van der Waals surface area contributed by atoms with E-state index in [9.17, 15) is 25.2 Å². The Bertz CT molecular complexity index is 949. The maximum absolute atomic E-state index is 11.1. The number of aliphatic imine (C=N–C) groups is 1. The maximum Gasteiger partial charge on any atom is 0.329 e. The van der Waals surface area contributed by atoms with Crippen LogP contribution in [0.25, 0.3) is 10.2 Å². The van der Waals surface area contributed by atoms with Gasteiger partial charge in [-0.1, -0.05) is 0 Å². The number of thioether (sulfide) groups is 1. The second-order valence-corrected chi connectivity index (χ2v) is 8.60. The molecule has 29 heavy (non-hydrogen) atoms. The number of hydrogen-bond donors (Lipinski definition) is 5. The number of aliphatic carboxylic acids is 1. The van der Waals surface area contributed by atoms with Crippen molar-refractivity contribution in [3.05, 3.63) is 23.2 Å². The SMILES string of the molecule is O=C(O)C1CSC(c2nc3ccc(OC4OC(CO)C(O)C(O)C4O)cc3s2)=N1. The monoisotopic (exact) mass is 442 g/mol. The molecule has 0 bridgehead atoms. The number of thiazole rings is 1. The van der Waals surface area contributed by atoms with Gasteiger partial charge in [-0.3, -0.25) is 4.99 Å². The summed E-state index contributed by atoms with van der Waals surface area (Å²) in [6.07, 6.45) is -6.82. The number of rotatable bonds is 5. The lowest BCUT2D eigenvalue weighted by Crippen LogP contribution is -2.60. The number of carboxylic acid groups (broad SMARTS) is 1. The Morgan fingerprint density at radius 2 is 2.03 bits per heavy atom. The predicted octanol–water partition coefficient (Wildman–Crippen LogP) is -0.578. The molecule has 4 rings (SSSR count). The summed E-state index contributed by atoms with van der Waals surface area (Å²) >= 11 is 2.66. The number of carboxylic acids is 1. The third-order valence-corrected chi connectivity index (χ3v) is 6.79. The topological polar surface area (TPSA) is 162 Å². The van der Waals surface area contributed by atoms with Crippen molar-refractivity contribution in [2.75, 3.05) is 12.4 Å². The Morgan fingerprint density at radius 1 is 1.24 bits per heavy atom. The number of benzene rings is 1. The fourth-order valence-corrected chi connectivity index (χ4v) is 5.08. The standard InChI is InChI=1S/C17H18N2O8S2/c20-4-9-11(21)12(22)13(23)17(27-9)26-6-1-2-7-10(3-6)29-15(18-7)14-19-8(5-28-14)16(24)25/h1-3,8-9,11-13,17,20-23H,4-5H2,(H,24,25). The van der Waals surface area contributed by atoms with E-state index in [0.29, 0.717) is 27.1 Å². The molecular weight excluding hydrogens is 424 g/mol. The van der Waals surface area contributed by atoms with Crippen molar-refractivity contribution in [1.29, 1.82) is 0 Å². The van der Waals surface area contributed by atoms with Crippen LogP contribution in [0.2, 0.25) is 0 Å². The van der Waals surface area contributed by atoms with Crippen LogP contribution in [0, 0.1) is 0 Å². The van der Waals surface area contributed by atoms with Crippen LogP contribution in [-0.4, -0.2) is 90.6 Å². The number of hydrogen-bond acceptors (Lipinski definition) is 11. The van der Waals surface area contributed by atoms with Gasteiger partial charge in [0.1, 0.15) is 40.2 Å². The highest BCUT2D eigenvalue weighted by Gasteiger charge is 2.44. The predicted molar refractivity (Wildman–Crippen MR) is 104 cm³/mol. The summed E-state index contributed by atoms with van der Waals surface area (Å²) in [6.45, 7) is -0.542. The van der Waals surface area contributed by atoms with Gasteiger partial charge in [-0.05, 0) is 18.2 Å². The third kappa shape index (κ3) is 3.97. The average molecular weight is 442 g/mol. The molecule has 2 aromatic rings. The van der Waals surface area contributed by atoms with Crippen molar-refractivity contribution >= 4 is 44.3 Å². The van der Waals surface area contributed by atoms with Gasteiger partial charge in [-0.15, -0.1) is 23.1 Å². The molecule has 0 aliphatic carbocycles. The molecule has 6 atom stereocenters. The van der Waals surface area contributed by atoms with Crippen LogP contribution in [0.15, 0.2) is 23.2 Å². The molecule has 5 N–H and O–H groups in total. The fourth-order valence-electron chi connectivity index (χ4n) is 2.99. The molecule has 1 saturated heterocycles. The molecule has 3 heterocycles. The third-order valence-electron chi connectivity index (χ3n) is 4.58. The minimum atomic E-state index is -1.52. The maximum atomic E-state index is 11.1. The smallest absolute Gasteiger partial charge is 0.329 e. The van der Waals surface area contributed by atoms with Crippen molar-refractivity contribution in [3.8, 4) is 5.75 Å². The summed E-state index contributed by atoms with van der Waals surface area (Å²) in [7, 11) is 0. The van der Waals surface area contributed by atoms with Crippen molar-refractivity contribution in [1.82, 2.24) is 4.98 Å². The Labute approximate surface area is 172 Å². The van der Waals surface area contributed by atoms with Gasteiger partial charge < -0.3 is 35.0 Å². The zero-order valence-corrected chi connectivity index (χ0v) is 16.4. The number of aromatic nitrogens is 1. The van der Waals surface area contributed by atoms with E-state index in [2.05, 4.69) is 9.98 Å². The van der Waals surface area contributed by atoms with E-state index in [4.69, 9.17) is 14.6 Å². The highest BCUT2D eigenvalue weighted by molar-refractivity contribution is 8.15. The zero-order valence-electron chi connectivity index (χ0n) is 14.8. The average Bonchev–Trinajstić information content (AvgIpc) is 3.35. The first kappa shape index (κ1) is 20.5. The quantitative estimate of drug-likeness (QED) is 0.405. The Morgan fingerprint density at radius 3 is 2.72 bits per heavy atom. The lowest BCUT2D eigenvalue weighted by atomic mass is 9.99. The van der Waals surface area contributed by atoms with Crippen LogP contribution < -0.4 is 4.74 Å². The minimum absolute atomic E-state index is 0.335. The van der Waals surface area contributed by atoms with Crippen LogP contribution in [0.5, 0.6) is 5.75 Å². The fraction of sp³-hybridized carbons (Fsp3) is 0.471. The number of carbonyl (C=O) groups is 1. The van der Waals surface area contributed by atoms with Crippen LogP contribution in [-0.2, 0) is 9.53 Å². The first-order chi connectivity index (χ1) is 13.9. The van der Waals surface area contributed by atoms with E-state index < -0.39 is 49.3 Å². The van der Waals surface area contributed by atoms with Crippen molar-refractivity contribution in [3.63, 3.8) is 0 Å². The number of nitrogens with zero attached hydrogens (tertiary/aromatic N) is 2. The summed E-state index contributed by atoms with van der Waals surface area (Å²) in [5, 5.41) is 49.3. The molecule has 0 spiro atoms. The second kappa shape index (κ2) is 8.14. The summed E-state index contributed by atoms with van der Waals surface area (Å²) in [5.74, 6) is -0.267. The molecule has 10 nitrogen and oxygen atoms in total. The number of fused-ring (bicyclic) bond motifs is 1. The van der Waals surface area contributed by atoms with Gasteiger partial charge >= 0.3 is 5.97 Å². The number of ether oxygens (including phenoxy) is 2. The van der Waals surface area contributed by atoms with E-state index in [-0.39, 0.29) is 0 Å². The number of aliphatic hydroxyl groups excluding tert-OH is 4. The molecule has 156 valence electrons. The lowest BCUT2D eigenvalue weighted by molar-refractivity contribution is -0.277. The minimum Gasteiger partial charge on any atom is -0.480 e. The van der Waals surface area contributed by atoms with E-state index in [0.717, 1.165) is 4.70 Å². The molecule has 2 aliphatic rings. The highest BCUT2D eigenvalue weighted by Crippen LogP contribution is 2.32. The molecule has 1 aromatic carbocycles. The van der Waals surface area contributed by atoms with E-state index >= 15 is 0 Å². The van der Waals surface area contributed by atoms with Gasteiger partial charge in [0.15, 0.2) is 6.04 Å². The summed E-state index contributed by atoms with van der Waals surface area (Å²) in [6, 6.07) is 4.21. The summed E-state index contributed by atoms with van der Waals surface area (Å²) < 4.78 is 11.7. The largest absolute Gasteiger partial charge is 0.480 e. The number of aliphatic hydroxyl groups is 4. The van der Waals surface area contributed by atoms with Gasteiger partial charge in [0.25, 0.3) is 0 Å². The molecule has 0 amide bonds. The zero-order chi connectivity index (χ0) is 20.7. The lowest BCUT2D eigenvalue weighted by Gasteiger charge is -2.39. The summed E-state index contributed by atoms with van der Waals surface area (Å²) in [4.78, 5) is 19.7.